The van der Waals surface area contributed by atoms with Gasteiger partial charge in [-0.15, -0.1) is 0 Å². The Hall–Kier alpha value is -1.12. The van der Waals surface area contributed by atoms with Gasteiger partial charge in [0, 0.05) is 38.3 Å². The Bertz CT molecular complexity index is 283. The molecule has 0 fully saturated rings. The van der Waals surface area contributed by atoms with Crippen molar-refractivity contribution in [1.29, 1.82) is 0 Å². The largest absolute Gasteiger partial charge is 1.00 e. The molecule has 0 bridgehead atoms. The van der Waals surface area contributed by atoms with Gasteiger partial charge in [-0.25, -0.2) is 4.57 Å². The van der Waals surface area contributed by atoms with Gasteiger partial charge in [0.05, 0.1) is 0 Å². The first kappa shape index (κ1) is 15.9. The first-order chi connectivity index (χ1) is 7.74. The van der Waals surface area contributed by atoms with E-state index in [0.717, 1.165) is 6.54 Å². The zero-order valence-electron chi connectivity index (χ0n) is 11.3. The third-order valence-electron chi connectivity index (χ3n) is 2.91. The molecule has 1 aromatic heterocycles. The summed E-state index contributed by atoms with van der Waals surface area (Å²) in [5.74, 6) is 0. The smallest absolute Gasteiger partial charge is 0.170 e. The molecule has 2 nitrogen and oxygen atoms in total. The highest BCUT2D eigenvalue weighted by Gasteiger charge is 2.01. The lowest BCUT2D eigenvalue weighted by Crippen LogP contribution is -3.00. The molecule has 0 aliphatic carbocycles. The van der Waals surface area contributed by atoms with E-state index in [0.29, 0.717) is 0 Å². The van der Waals surface area contributed by atoms with Gasteiger partial charge in [0.15, 0.2) is 12.4 Å². The standard InChI is InChI=1S/C14H25N2.FH/c1-4-5-6-7-8-11-16-12-9-14(10-13-16)15(2)3;/h9-10,12-13H,4-8,11H2,1-3H3;1H/q+1;/p-1. The Morgan fingerprint density at radius 2 is 1.59 bits per heavy atom. The summed E-state index contributed by atoms with van der Waals surface area (Å²) in [5.41, 5.74) is 1.27. The average Bonchev–Trinajstić information content (AvgIpc) is 2.29. The quantitative estimate of drug-likeness (QED) is 0.481. The summed E-state index contributed by atoms with van der Waals surface area (Å²) < 4.78 is 2.28. The molecule has 0 saturated heterocycles. The molecule has 17 heavy (non-hydrogen) atoms. The molecule has 0 saturated carbocycles. The van der Waals surface area contributed by atoms with Gasteiger partial charge in [0.25, 0.3) is 0 Å². The SMILES string of the molecule is CCCCCCC[n+]1ccc(N(C)C)cc1.[F-]. The fourth-order valence-corrected chi connectivity index (χ4v) is 1.79. The molecule has 98 valence electrons. The first-order valence-electron chi connectivity index (χ1n) is 6.40. The normalized spacial score (nSPS) is 9.82. The molecule has 0 amide bonds. The number of rotatable bonds is 7. The number of hydrogen-bond donors (Lipinski definition) is 0. The number of nitrogens with zero attached hydrogens (tertiary/aromatic N) is 2. The van der Waals surface area contributed by atoms with Gasteiger partial charge in [-0.3, -0.25) is 0 Å². The lowest BCUT2D eigenvalue weighted by molar-refractivity contribution is -0.697. The zero-order chi connectivity index (χ0) is 11.8. The molecule has 0 aromatic carbocycles. The van der Waals surface area contributed by atoms with Crippen molar-refractivity contribution in [3.63, 3.8) is 0 Å². The third-order valence-corrected chi connectivity index (χ3v) is 2.91. The molecule has 0 spiro atoms. The molecule has 0 aliphatic heterocycles. The molecule has 0 radical (unpaired) electrons. The zero-order valence-corrected chi connectivity index (χ0v) is 11.3. The predicted molar refractivity (Wildman–Crippen MR) is 69.7 cm³/mol. The fourth-order valence-electron chi connectivity index (χ4n) is 1.79. The Labute approximate surface area is 105 Å². The second-order valence-electron chi connectivity index (χ2n) is 4.60. The van der Waals surface area contributed by atoms with Crippen LogP contribution in [0.5, 0.6) is 0 Å². The van der Waals surface area contributed by atoms with Crippen LogP contribution in [0.4, 0.5) is 5.69 Å². The van der Waals surface area contributed by atoms with Gasteiger partial charge in [-0.05, 0) is 6.42 Å². The Morgan fingerprint density at radius 3 is 2.12 bits per heavy atom. The van der Waals surface area contributed by atoms with E-state index in [-0.39, 0.29) is 4.70 Å². The van der Waals surface area contributed by atoms with Gasteiger partial charge >= 0.3 is 0 Å². The highest BCUT2D eigenvalue weighted by molar-refractivity contribution is 5.41. The van der Waals surface area contributed by atoms with Crippen molar-refractivity contribution in [2.75, 3.05) is 19.0 Å². The number of hydrogen-bond acceptors (Lipinski definition) is 1. The molecule has 1 aromatic rings. The lowest BCUT2D eigenvalue weighted by atomic mass is 10.1. The molecule has 0 N–H and O–H groups in total. The number of aromatic nitrogens is 1. The van der Waals surface area contributed by atoms with Crippen molar-refractivity contribution in [1.82, 2.24) is 0 Å². The van der Waals surface area contributed by atoms with Crippen LogP contribution >= 0.6 is 0 Å². The predicted octanol–water partition coefficient (Wildman–Crippen LogP) is 0.0145. The van der Waals surface area contributed by atoms with Crippen LogP contribution in [0.1, 0.15) is 39.0 Å². The van der Waals surface area contributed by atoms with E-state index in [1.165, 1.54) is 37.8 Å². The van der Waals surface area contributed by atoms with Crippen LogP contribution in [0, 0.1) is 0 Å². The molecular weight excluding hydrogens is 215 g/mol. The minimum Gasteiger partial charge on any atom is -1.00 e. The van der Waals surface area contributed by atoms with Gasteiger partial charge < -0.3 is 9.60 Å². The molecule has 0 unspecified atom stereocenters. The average molecular weight is 240 g/mol. The minimum atomic E-state index is 0. The van der Waals surface area contributed by atoms with E-state index in [4.69, 9.17) is 0 Å². The van der Waals surface area contributed by atoms with Crippen molar-refractivity contribution in [2.45, 2.75) is 45.6 Å². The van der Waals surface area contributed by atoms with Crippen LogP contribution in [-0.2, 0) is 6.54 Å². The molecule has 1 rings (SSSR count). The van der Waals surface area contributed by atoms with Crippen LogP contribution in [0.3, 0.4) is 0 Å². The van der Waals surface area contributed by atoms with E-state index in [1.807, 2.05) is 0 Å². The van der Waals surface area contributed by atoms with Crippen molar-refractivity contribution < 1.29 is 9.27 Å². The van der Waals surface area contributed by atoms with Gasteiger partial charge in [-0.2, -0.15) is 0 Å². The first-order valence-corrected chi connectivity index (χ1v) is 6.40. The second-order valence-corrected chi connectivity index (χ2v) is 4.60. The summed E-state index contributed by atoms with van der Waals surface area (Å²) in [6.07, 6.45) is 11.1. The summed E-state index contributed by atoms with van der Waals surface area (Å²) in [6, 6.07) is 4.35. The monoisotopic (exact) mass is 240 g/mol. The van der Waals surface area contributed by atoms with Crippen LogP contribution in [-0.4, -0.2) is 14.1 Å². The molecule has 0 atom stereocenters. The summed E-state index contributed by atoms with van der Waals surface area (Å²) >= 11 is 0. The van der Waals surface area contributed by atoms with Crippen molar-refractivity contribution in [3.8, 4) is 0 Å². The Morgan fingerprint density at radius 1 is 1.00 bits per heavy atom. The second kappa shape index (κ2) is 8.97. The number of anilines is 1. The van der Waals surface area contributed by atoms with E-state index in [9.17, 15) is 0 Å². The third kappa shape index (κ3) is 6.25. The molecule has 3 heteroatoms. The maximum atomic E-state index is 2.28. The van der Waals surface area contributed by atoms with Gasteiger partial charge in [-0.1, -0.05) is 26.2 Å². The molecular formula is C14H25FN2. The van der Waals surface area contributed by atoms with Crippen LogP contribution in [0.2, 0.25) is 0 Å². The van der Waals surface area contributed by atoms with Crippen molar-refractivity contribution in [3.05, 3.63) is 24.5 Å². The van der Waals surface area contributed by atoms with Crippen LogP contribution < -0.4 is 14.2 Å². The summed E-state index contributed by atoms with van der Waals surface area (Å²) in [6.45, 7) is 3.41. The number of aryl methyl sites for hydroxylation is 1. The number of pyridine rings is 1. The lowest BCUT2D eigenvalue weighted by Gasteiger charge is -2.10. The molecule has 1 heterocycles. The highest BCUT2D eigenvalue weighted by Crippen LogP contribution is 2.06. The van der Waals surface area contributed by atoms with E-state index >= 15 is 0 Å². The van der Waals surface area contributed by atoms with E-state index in [1.54, 1.807) is 0 Å². The van der Waals surface area contributed by atoms with Crippen molar-refractivity contribution in [2.24, 2.45) is 0 Å². The van der Waals surface area contributed by atoms with Crippen LogP contribution in [0.15, 0.2) is 24.5 Å². The number of halogens is 1. The van der Waals surface area contributed by atoms with Crippen molar-refractivity contribution >= 4 is 5.69 Å². The molecule has 0 aliphatic rings. The summed E-state index contributed by atoms with van der Waals surface area (Å²) in [7, 11) is 4.15. The van der Waals surface area contributed by atoms with Gasteiger partial charge in [0.2, 0.25) is 0 Å². The minimum absolute atomic E-state index is 0. The van der Waals surface area contributed by atoms with Gasteiger partial charge in [0.1, 0.15) is 6.54 Å². The number of unbranched alkanes of at least 4 members (excludes halogenated alkanes) is 4. The maximum Gasteiger partial charge on any atom is 0.170 e. The summed E-state index contributed by atoms with van der Waals surface area (Å²) in [4.78, 5) is 2.13. The Balaban J connectivity index is 0.00000256. The van der Waals surface area contributed by atoms with E-state index < -0.39 is 0 Å². The maximum absolute atomic E-state index is 2.28. The topological polar surface area (TPSA) is 7.12 Å². The fraction of sp³-hybridized carbons (Fsp3) is 0.643. The van der Waals surface area contributed by atoms with Crippen LogP contribution in [0.25, 0.3) is 0 Å². The summed E-state index contributed by atoms with van der Waals surface area (Å²) in [5, 5.41) is 0. The highest BCUT2D eigenvalue weighted by atomic mass is 19.0. The Kier molecular flexibility index (Phi) is 8.38. The van der Waals surface area contributed by atoms with E-state index in [2.05, 4.69) is 55.0 Å².